The maximum atomic E-state index is 11.6. The third kappa shape index (κ3) is 2.45. The van der Waals surface area contributed by atoms with E-state index < -0.39 is 0 Å². The number of hydrogen-bond donors (Lipinski definition) is 1. The van der Waals surface area contributed by atoms with E-state index in [0.717, 1.165) is 29.9 Å². The van der Waals surface area contributed by atoms with Crippen molar-refractivity contribution in [3.05, 3.63) is 33.4 Å². The molecule has 1 fully saturated rings. The maximum Gasteiger partial charge on any atom is 0.307 e. The number of rotatable bonds is 3. The first kappa shape index (κ1) is 12.8. The Morgan fingerprint density at radius 1 is 1.47 bits per heavy atom. The normalized spacial score (nSPS) is 20.4. The van der Waals surface area contributed by atoms with Crippen LogP contribution in [-0.2, 0) is 13.6 Å². The Labute approximate surface area is 116 Å². The van der Waals surface area contributed by atoms with Gasteiger partial charge in [0, 0.05) is 32.7 Å². The SMILES string of the molecule is CNC1CCN(Cc2ccc3c(c2)sc(=O)n3C)C1. The van der Waals surface area contributed by atoms with Crippen LogP contribution in [0.5, 0.6) is 0 Å². The summed E-state index contributed by atoms with van der Waals surface area (Å²) in [5.74, 6) is 0. The zero-order valence-corrected chi connectivity index (χ0v) is 12.2. The molecule has 1 aromatic carbocycles. The minimum Gasteiger partial charge on any atom is -0.316 e. The lowest BCUT2D eigenvalue weighted by molar-refractivity contribution is 0.322. The molecule has 0 bridgehead atoms. The van der Waals surface area contributed by atoms with Crippen molar-refractivity contribution in [3.8, 4) is 0 Å². The van der Waals surface area contributed by atoms with Gasteiger partial charge in [0.05, 0.1) is 10.2 Å². The molecule has 1 unspecified atom stereocenters. The van der Waals surface area contributed by atoms with Gasteiger partial charge in [0.2, 0.25) is 0 Å². The van der Waals surface area contributed by atoms with Crippen LogP contribution in [0.3, 0.4) is 0 Å². The van der Waals surface area contributed by atoms with Gasteiger partial charge in [-0.2, -0.15) is 0 Å². The second-order valence-electron chi connectivity index (χ2n) is 5.24. The van der Waals surface area contributed by atoms with Crippen molar-refractivity contribution in [2.75, 3.05) is 20.1 Å². The predicted octanol–water partition coefficient (Wildman–Crippen LogP) is 1.39. The zero-order chi connectivity index (χ0) is 13.4. The van der Waals surface area contributed by atoms with E-state index in [1.165, 1.54) is 23.3 Å². The average molecular weight is 277 g/mol. The van der Waals surface area contributed by atoms with Crippen molar-refractivity contribution < 1.29 is 0 Å². The summed E-state index contributed by atoms with van der Waals surface area (Å²) >= 11 is 1.33. The highest BCUT2D eigenvalue weighted by Gasteiger charge is 2.20. The lowest BCUT2D eigenvalue weighted by Gasteiger charge is -2.15. The van der Waals surface area contributed by atoms with Crippen LogP contribution in [0.4, 0.5) is 0 Å². The van der Waals surface area contributed by atoms with Crippen molar-refractivity contribution >= 4 is 21.6 Å². The molecule has 1 N–H and O–H groups in total. The summed E-state index contributed by atoms with van der Waals surface area (Å²) in [5, 5.41) is 3.34. The van der Waals surface area contributed by atoms with Gasteiger partial charge in [0.25, 0.3) is 0 Å². The molecule has 1 atom stereocenters. The molecule has 0 amide bonds. The number of nitrogens with zero attached hydrogens (tertiary/aromatic N) is 2. The number of hydrogen-bond acceptors (Lipinski definition) is 4. The van der Waals surface area contributed by atoms with Crippen LogP contribution < -0.4 is 10.2 Å². The van der Waals surface area contributed by atoms with Gasteiger partial charge in [-0.3, -0.25) is 9.69 Å². The van der Waals surface area contributed by atoms with E-state index in [9.17, 15) is 4.79 Å². The Morgan fingerprint density at radius 3 is 3.05 bits per heavy atom. The van der Waals surface area contributed by atoms with Crippen LogP contribution in [0.15, 0.2) is 23.0 Å². The van der Waals surface area contributed by atoms with Gasteiger partial charge in [-0.05, 0) is 31.2 Å². The highest BCUT2D eigenvalue weighted by atomic mass is 32.1. The van der Waals surface area contributed by atoms with Gasteiger partial charge in [-0.1, -0.05) is 17.4 Å². The summed E-state index contributed by atoms with van der Waals surface area (Å²) in [5.41, 5.74) is 2.33. The molecule has 0 aliphatic carbocycles. The van der Waals surface area contributed by atoms with Crippen molar-refractivity contribution in [3.63, 3.8) is 0 Å². The first-order valence-corrected chi connectivity index (χ1v) is 7.47. The van der Waals surface area contributed by atoms with Crippen molar-refractivity contribution in [2.45, 2.75) is 19.0 Å². The lowest BCUT2D eigenvalue weighted by Crippen LogP contribution is -2.29. The van der Waals surface area contributed by atoms with Gasteiger partial charge in [-0.25, -0.2) is 0 Å². The minimum atomic E-state index is 0.114. The molecule has 0 saturated carbocycles. The van der Waals surface area contributed by atoms with E-state index in [4.69, 9.17) is 0 Å². The number of fused-ring (bicyclic) bond motifs is 1. The average Bonchev–Trinajstić information content (AvgIpc) is 2.96. The number of nitrogens with one attached hydrogen (secondary N) is 1. The van der Waals surface area contributed by atoms with E-state index in [1.807, 2.05) is 14.1 Å². The van der Waals surface area contributed by atoms with E-state index >= 15 is 0 Å². The van der Waals surface area contributed by atoms with Crippen LogP contribution >= 0.6 is 11.3 Å². The third-order valence-electron chi connectivity index (χ3n) is 3.94. The van der Waals surface area contributed by atoms with Gasteiger partial charge in [0.1, 0.15) is 0 Å². The van der Waals surface area contributed by atoms with E-state index in [-0.39, 0.29) is 4.87 Å². The predicted molar refractivity (Wildman–Crippen MR) is 79.8 cm³/mol. The Morgan fingerprint density at radius 2 is 2.32 bits per heavy atom. The molecule has 0 radical (unpaired) electrons. The standard InChI is InChI=1S/C14H19N3OS/c1-15-11-5-6-17(9-11)8-10-3-4-12-13(7-10)19-14(18)16(12)2/h3-4,7,11,15H,5-6,8-9H2,1-2H3. The van der Waals surface area contributed by atoms with Gasteiger partial charge < -0.3 is 9.88 Å². The molecule has 1 aromatic heterocycles. The molecule has 102 valence electrons. The highest BCUT2D eigenvalue weighted by Crippen LogP contribution is 2.20. The minimum absolute atomic E-state index is 0.114. The second kappa shape index (κ2) is 5.07. The lowest BCUT2D eigenvalue weighted by atomic mass is 10.2. The summed E-state index contributed by atoms with van der Waals surface area (Å²) in [7, 11) is 3.86. The van der Waals surface area contributed by atoms with Gasteiger partial charge in [0.15, 0.2) is 0 Å². The second-order valence-corrected chi connectivity index (χ2v) is 6.23. The van der Waals surface area contributed by atoms with Gasteiger partial charge >= 0.3 is 4.87 Å². The van der Waals surface area contributed by atoms with Crippen LogP contribution in [-0.4, -0.2) is 35.6 Å². The van der Waals surface area contributed by atoms with Crippen molar-refractivity contribution in [1.29, 1.82) is 0 Å². The molecule has 2 aromatic rings. The Balaban J connectivity index is 1.80. The highest BCUT2D eigenvalue weighted by molar-refractivity contribution is 7.16. The van der Waals surface area contributed by atoms with E-state index in [1.54, 1.807) is 4.57 Å². The van der Waals surface area contributed by atoms with Crippen LogP contribution in [0, 0.1) is 0 Å². The van der Waals surface area contributed by atoms with Crippen molar-refractivity contribution in [2.24, 2.45) is 7.05 Å². The molecule has 19 heavy (non-hydrogen) atoms. The van der Waals surface area contributed by atoms with Crippen LogP contribution in [0.1, 0.15) is 12.0 Å². The number of aryl methyl sites for hydroxylation is 1. The number of likely N-dealkylation sites (N-methyl/N-ethyl adjacent to an activating group) is 1. The van der Waals surface area contributed by atoms with E-state index in [0.29, 0.717) is 6.04 Å². The molecule has 4 nitrogen and oxygen atoms in total. The largest absolute Gasteiger partial charge is 0.316 e. The number of benzene rings is 1. The smallest absolute Gasteiger partial charge is 0.307 e. The van der Waals surface area contributed by atoms with Crippen LogP contribution in [0.25, 0.3) is 10.2 Å². The topological polar surface area (TPSA) is 37.3 Å². The summed E-state index contributed by atoms with van der Waals surface area (Å²) in [6.07, 6.45) is 1.22. The zero-order valence-electron chi connectivity index (χ0n) is 11.3. The number of thiazole rings is 1. The molecule has 1 aliphatic heterocycles. The van der Waals surface area contributed by atoms with Crippen molar-refractivity contribution in [1.82, 2.24) is 14.8 Å². The molecular formula is C14H19N3OS. The quantitative estimate of drug-likeness (QED) is 0.921. The van der Waals surface area contributed by atoms with Crippen LogP contribution in [0.2, 0.25) is 0 Å². The molecule has 2 heterocycles. The monoisotopic (exact) mass is 277 g/mol. The Kier molecular flexibility index (Phi) is 3.43. The van der Waals surface area contributed by atoms with Gasteiger partial charge in [-0.15, -0.1) is 0 Å². The summed E-state index contributed by atoms with van der Waals surface area (Å²) in [6.45, 7) is 3.23. The fraction of sp³-hybridized carbons (Fsp3) is 0.500. The third-order valence-corrected chi connectivity index (χ3v) is 4.94. The molecule has 1 aliphatic rings. The summed E-state index contributed by atoms with van der Waals surface area (Å²) in [4.78, 5) is 14.2. The Hall–Kier alpha value is -1.17. The maximum absolute atomic E-state index is 11.6. The molecular weight excluding hydrogens is 258 g/mol. The molecule has 1 saturated heterocycles. The first-order valence-electron chi connectivity index (χ1n) is 6.65. The fourth-order valence-corrected chi connectivity index (χ4v) is 3.69. The molecule has 0 spiro atoms. The summed E-state index contributed by atoms with van der Waals surface area (Å²) in [6, 6.07) is 6.99. The first-order chi connectivity index (χ1) is 9.17. The van der Waals surface area contributed by atoms with E-state index in [2.05, 4.69) is 28.4 Å². The Bertz CT molecular complexity index is 646. The molecule has 5 heteroatoms. The number of aromatic nitrogens is 1. The fourth-order valence-electron chi connectivity index (χ4n) is 2.75. The summed E-state index contributed by atoms with van der Waals surface area (Å²) < 4.78 is 2.81. The molecule has 3 rings (SSSR count). The number of likely N-dealkylation sites (tertiary alicyclic amines) is 1.